The Morgan fingerprint density at radius 3 is 2.94 bits per heavy atom. The zero-order chi connectivity index (χ0) is 12.0. The van der Waals surface area contributed by atoms with Crippen molar-refractivity contribution in [3.63, 3.8) is 0 Å². The first kappa shape index (κ1) is 12.2. The average Bonchev–Trinajstić information content (AvgIpc) is 2.28. The number of carbonyl (C=O) groups excluding carboxylic acids is 1. The summed E-state index contributed by atoms with van der Waals surface area (Å²) in [6.45, 7) is 4.52. The van der Waals surface area contributed by atoms with E-state index in [1.165, 1.54) is 4.90 Å². The number of amides is 1. The van der Waals surface area contributed by atoms with E-state index < -0.39 is 0 Å². The third-order valence-electron chi connectivity index (χ3n) is 2.25. The van der Waals surface area contributed by atoms with E-state index in [1.54, 1.807) is 12.3 Å². The van der Waals surface area contributed by atoms with Crippen molar-refractivity contribution in [3.8, 4) is 6.07 Å². The van der Waals surface area contributed by atoms with Gasteiger partial charge in [-0.25, -0.2) is 0 Å². The van der Waals surface area contributed by atoms with E-state index in [9.17, 15) is 4.79 Å². The molecule has 1 aromatic rings. The normalized spacial score (nSPS) is 9.56. The molecule has 1 rings (SSSR count). The number of pyridine rings is 1. The molecule has 0 fully saturated rings. The molecule has 1 heterocycles. The van der Waals surface area contributed by atoms with Gasteiger partial charge in [0.15, 0.2) is 0 Å². The van der Waals surface area contributed by atoms with Crippen LogP contribution in [0.3, 0.4) is 0 Å². The van der Waals surface area contributed by atoms with Gasteiger partial charge in [-0.3, -0.25) is 9.78 Å². The zero-order valence-electron chi connectivity index (χ0n) is 9.60. The Labute approximate surface area is 95.5 Å². The Kier molecular flexibility index (Phi) is 4.46. The Bertz CT molecular complexity index is 409. The van der Waals surface area contributed by atoms with Gasteiger partial charge in [-0.05, 0) is 25.0 Å². The molecule has 4 nitrogen and oxygen atoms in total. The topological polar surface area (TPSA) is 57.0 Å². The minimum atomic E-state index is -0.165. The lowest BCUT2D eigenvalue weighted by Gasteiger charge is -2.18. The summed E-state index contributed by atoms with van der Waals surface area (Å²) in [5, 5.41) is 8.66. The maximum Gasteiger partial charge on any atom is 0.273 e. The summed E-state index contributed by atoms with van der Waals surface area (Å²) in [7, 11) is 0. The minimum Gasteiger partial charge on any atom is -0.324 e. The Hall–Kier alpha value is -1.89. The van der Waals surface area contributed by atoms with E-state index in [4.69, 9.17) is 5.26 Å². The lowest BCUT2D eigenvalue weighted by Crippen LogP contribution is -2.33. The number of carbonyl (C=O) groups is 1. The number of aromatic nitrogens is 1. The fourth-order valence-electron chi connectivity index (χ4n) is 1.47. The summed E-state index contributed by atoms with van der Waals surface area (Å²) in [6.07, 6.45) is 2.43. The molecule has 0 saturated carbocycles. The lowest BCUT2D eigenvalue weighted by molar-refractivity contribution is 0.0769. The van der Waals surface area contributed by atoms with E-state index in [1.807, 2.05) is 26.0 Å². The van der Waals surface area contributed by atoms with Crippen molar-refractivity contribution in [2.45, 2.75) is 20.3 Å². The molecule has 0 aliphatic carbocycles. The molecule has 0 atom stereocenters. The molecule has 0 aliphatic heterocycles. The Morgan fingerprint density at radius 2 is 2.38 bits per heavy atom. The molecule has 0 saturated heterocycles. The van der Waals surface area contributed by atoms with Gasteiger partial charge in [-0.1, -0.05) is 13.0 Å². The van der Waals surface area contributed by atoms with Crippen LogP contribution in [0.2, 0.25) is 0 Å². The highest BCUT2D eigenvalue weighted by atomic mass is 16.2. The van der Waals surface area contributed by atoms with E-state index in [-0.39, 0.29) is 12.5 Å². The van der Waals surface area contributed by atoms with Crippen LogP contribution in [0.5, 0.6) is 0 Å². The fraction of sp³-hybridized carbons (Fsp3) is 0.417. The third-order valence-corrected chi connectivity index (χ3v) is 2.25. The molecule has 0 aliphatic rings. The summed E-state index contributed by atoms with van der Waals surface area (Å²) in [5.41, 5.74) is 1.28. The van der Waals surface area contributed by atoms with Gasteiger partial charge in [0.1, 0.15) is 12.2 Å². The maximum absolute atomic E-state index is 12.1. The Balaban J connectivity index is 2.91. The summed E-state index contributed by atoms with van der Waals surface area (Å²) in [6, 6.07) is 5.64. The monoisotopic (exact) mass is 217 g/mol. The summed E-state index contributed by atoms with van der Waals surface area (Å²) in [5.74, 6) is -0.165. The van der Waals surface area contributed by atoms with Crippen LogP contribution in [-0.2, 0) is 0 Å². The molecule has 0 bridgehead atoms. The van der Waals surface area contributed by atoms with Crippen LogP contribution in [-0.4, -0.2) is 28.9 Å². The molecule has 0 unspecified atom stereocenters. The maximum atomic E-state index is 12.1. The van der Waals surface area contributed by atoms with Crippen molar-refractivity contribution in [1.29, 1.82) is 5.26 Å². The number of nitrogens with zero attached hydrogens (tertiary/aromatic N) is 3. The van der Waals surface area contributed by atoms with Crippen LogP contribution in [0.25, 0.3) is 0 Å². The predicted octanol–water partition coefficient (Wildman–Crippen LogP) is 1.77. The number of nitriles is 1. The first-order chi connectivity index (χ1) is 7.70. The summed E-state index contributed by atoms with van der Waals surface area (Å²) in [4.78, 5) is 17.6. The van der Waals surface area contributed by atoms with Crippen molar-refractivity contribution >= 4 is 5.91 Å². The molecular formula is C12H15N3O. The molecule has 0 spiro atoms. The predicted molar refractivity (Wildman–Crippen MR) is 60.8 cm³/mol. The van der Waals surface area contributed by atoms with Crippen molar-refractivity contribution in [3.05, 3.63) is 29.6 Å². The number of rotatable bonds is 4. The van der Waals surface area contributed by atoms with Gasteiger partial charge in [0, 0.05) is 12.7 Å². The van der Waals surface area contributed by atoms with Gasteiger partial charge in [0.25, 0.3) is 5.91 Å². The molecule has 0 N–H and O–H groups in total. The van der Waals surface area contributed by atoms with Crippen molar-refractivity contribution in [2.24, 2.45) is 0 Å². The van der Waals surface area contributed by atoms with Crippen LogP contribution < -0.4 is 0 Å². The molecule has 1 aromatic heterocycles. The largest absolute Gasteiger partial charge is 0.324 e. The van der Waals surface area contributed by atoms with Gasteiger partial charge in [0.05, 0.1) is 6.07 Å². The Morgan fingerprint density at radius 1 is 1.62 bits per heavy atom. The molecule has 0 aromatic carbocycles. The van der Waals surface area contributed by atoms with Crippen molar-refractivity contribution in [1.82, 2.24) is 9.88 Å². The molecule has 16 heavy (non-hydrogen) atoms. The first-order valence-electron chi connectivity index (χ1n) is 5.28. The molecule has 84 valence electrons. The quantitative estimate of drug-likeness (QED) is 0.722. The van der Waals surface area contributed by atoms with Crippen LogP contribution in [0.1, 0.15) is 29.4 Å². The second-order valence-electron chi connectivity index (χ2n) is 3.55. The number of hydrogen-bond acceptors (Lipinski definition) is 3. The van der Waals surface area contributed by atoms with Gasteiger partial charge in [-0.15, -0.1) is 0 Å². The highest BCUT2D eigenvalue weighted by Gasteiger charge is 2.17. The van der Waals surface area contributed by atoms with E-state index in [0.717, 1.165) is 12.0 Å². The third kappa shape index (κ3) is 2.80. The van der Waals surface area contributed by atoms with E-state index >= 15 is 0 Å². The second kappa shape index (κ2) is 5.86. The first-order valence-corrected chi connectivity index (χ1v) is 5.28. The zero-order valence-corrected chi connectivity index (χ0v) is 9.60. The molecule has 4 heteroatoms. The molecular weight excluding hydrogens is 202 g/mol. The molecule has 0 radical (unpaired) electrons. The van der Waals surface area contributed by atoms with Gasteiger partial charge in [0.2, 0.25) is 0 Å². The van der Waals surface area contributed by atoms with Gasteiger partial charge >= 0.3 is 0 Å². The number of hydrogen-bond donors (Lipinski definition) is 0. The molecule has 1 amide bonds. The highest BCUT2D eigenvalue weighted by Crippen LogP contribution is 2.07. The van der Waals surface area contributed by atoms with Crippen LogP contribution in [0.15, 0.2) is 18.3 Å². The SMILES string of the molecule is CCCN(CC#N)C(=O)c1ncccc1C. The van der Waals surface area contributed by atoms with Crippen LogP contribution >= 0.6 is 0 Å². The van der Waals surface area contributed by atoms with E-state index in [2.05, 4.69) is 4.98 Å². The summed E-state index contributed by atoms with van der Waals surface area (Å²) < 4.78 is 0. The van der Waals surface area contributed by atoms with Gasteiger partial charge in [-0.2, -0.15) is 5.26 Å². The fourth-order valence-corrected chi connectivity index (χ4v) is 1.47. The average molecular weight is 217 g/mol. The van der Waals surface area contributed by atoms with Gasteiger partial charge < -0.3 is 4.90 Å². The number of aryl methyl sites for hydroxylation is 1. The van der Waals surface area contributed by atoms with E-state index in [0.29, 0.717) is 12.2 Å². The minimum absolute atomic E-state index is 0.114. The smallest absolute Gasteiger partial charge is 0.273 e. The summed E-state index contributed by atoms with van der Waals surface area (Å²) >= 11 is 0. The van der Waals surface area contributed by atoms with Crippen molar-refractivity contribution < 1.29 is 4.79 Å². The van der Waals surface area contributed by atoms with Crippen LogP contribution in [0.4, 0.5) is 0 Å². The highest BCUT2D eigenvalue weighted by molar-refractivity contribution is 5.93. The van der Waals surface area contributed by atoms with Crippen LogP contribution in [0, 0.1) is 18.3 Å². The second-order valence-corrected chi connectivity index (χ2v) is 3.55. The lowest BCUT2D eigenvalue weighted by atomic mass is 10.2. The standard InChI is InChI=1S/C12H15N3O/c1-3-8-15(9-6-13)12(16)11-10(2)5-4-7-14-11/h4-5,7H,3,8-9H2,1-2H3. The van der Waals surface area contributed by atoms with Crippen molar-refractivity contribution in [2.75, 3.05) is 13.1 Å².